The first-order valence-corrected chi connectivity index (χ1v) is 10.7. The maximum atomic E-state index is 14.7. The monoisotopic (exact) mass is 624 g/mol. The predicted octanol–water partition coefficient (Wildman–Crippen LogP) is 6.35. The molecule has 0 aromatic heterocycles. The van der Waals surface area contributed by atoms with Crippen molar-refractivity contribution in [1.29, 1.82) is 0 Å². The van der Waals surface area contributed by atoms with Gasteiger partial charge in [-0.15, -0.1) is 0 Å². The number of benzene rings is 2. The number of primary amides is 1. The van der Waals surface area contributed by atoms with Gasteiger partial charge in [-0.05, 0) is 29.8 Å². The van der Waals surface area contributed by atoms with E-state index in [9.17, 15) is 44.7 Å². The molecule has 0 fully saturated rings. The van der Waals surface area contributed by atoms with E-state index >= 15 is 0 Å². The van der Waals surface area contributed by atoms with E-state index in [-0.39, 0.29) is 36.3 Å². The quantitative estimate of drug-likeness (QED) is 0.265. The fraction of sp³-hybridized carbons (Fsp3) is 0.300. The minimum atomic E-state index is -6.31. The number of hydrogen-bond donors (Lipinski definition) is 2. The summed E-state index contributed by atoms with van der Waals surface area (Å²) in [4.78, 5) is 23.4. The zero-order chi connectivity index (χ0) is 26.1. The number of Topliss-reactive ketones (excluding diaryl/α,β-unsaturated/α-hetero) is 1. The van der Waals surface area contributed by atoms with Crippen LogP contribution in [0.15, 0.2) is 39.3 Å². The molecule has 2 rings (SSSR count). The SMILES string of the molecule is NC(=O)CCNc1cccc(C(=O)Cc2c(Br)cc(C(F)(C(F)(F)F)C(F)(F)F)cc2Br)c1F. The normalized spacial score (nSPS) is 12.5. The van der Waals surface area contributed by atoms with E-state index in [0.29, 0.717) is 0 Å². The van der Waals surface area contributed by atoms with Crippen molar-refractivity contribution in [1.82, 2.24) is 0 Å². The number of amides is 1. The summed E-state index contributed by atoms with van der Waals surface area (Å²) in [5.74, 6) is -2.51. The Morgan fingerprint density at radius 2 is 1.47 bits per heavy atom. The molecule has 0 aliphatic rings. The standard InChI is InChI=1S/C20H14Br2F8N2O2/c21-12-6-9(18(24,19(25,26)27)20(28,29)30)7-13(22)11(12)8-15(33)10-2-1-3-14(17(10)23)32-5-4-16(31)34/h1-3,6-7,32H,4-5,8H2,(H2,31,34). The molecule has 34 heavy (non-hydrogen) atoms. The highest BCUT2D eigenvalue weighted by Crippen LogP contribution is 2.54. The highest BCUT2D eigenvalue weighted by Gasteiger charge is 2.73. The van der Waals surface area contributed by atoms with Crippen LogP contribution in [-0.4, -0.2) is 30.6 Å². The van der Waals surface area contributed by atoms with Crippen LogP contribution < -0.4 is 11.1 Å². The molecule has 0 aliphatic heterocycles. The molecular formula is C20H14Br2F8N2O2. The molecule has 0 heterocycles. The summed E-state index contributed by atoms with van der Waals surface area (Å²) in [6, 6.07) is 4.26. The van der Waals surface area contributed by atoms with Crippen LogP contribution in [-0.2, 0) is 16.9 Å². The number of carbonyl (C=O) groups is 2. The zero-order valence-electron chi connectivity index (χ0n) is 16.7. The Morgan fingerprint density at radius 3 is 1.94 bits per heavy atom. The molecule has 186 valence electrons. The molecule has 0 spiro atoms. The molecule has 0 unspecified atom stereocenters. The maximum absolute atomic E-state index is 14.7. The third kappa shape index (κ3) is 5.70. The van der Waals surface area contributed by atoms with Gasteiger partial charge in [-0.2, -0.15) is 26.3 Å². The minimum absolute atomic E-state index is 0.0220. The topological polar surface area (TPSA) is 72.2 Å². The molecule has 1 amide bonds. The van der Waals surface area contributed by atoms with Crippen molar-refractivity contribution >= 4 is 49.2 Å². The summed E-state index contributed by atoms with van der Waals surface area (Å²) in [5.41, 5.74) is -3.12. The van der Waals surface area contributed by atoms with Crippen LogP contribution in [0, 0.1) is 5.82 Å². The Kier molecular flexibility index (Phi) is 8.39. The van der Waals surface area contributed by atoms with Gasteiger partial charge in [-0.3, -0.25) is 9.59 Å². The fourth-order valence-corrected chi connectivity index (χ4v) is 4.39. The number of rotatable bonds is 8. The summed E-state index contributed by atoms with van der Waals surface area (Å²) >= 11 is 5.54. The van der Waals surface area contributed by atoms with Crippen molar-refractivity contribution in [2.75, 3.05) is 11.9 Å². The first-order chi connectivity index (χ1) is 15.5. The Bertz CT molecular complexity index is 1070. The molecule has 0 radical (unpaired) electrons. The van der Waals surface area contributed by atoms with Crippen LogP contribution in [0.4, 0.5) is 40.8 Å². The molecule has 0 aliphatic carbocycles. The van der Waals surface area contributed by atoms with Crippen LogP contribution in [0.5, 0.6) is 0 Å². The van der Waals surface area contributed by atoms with Gasteiger partial charge in [0.15, 0.2) is 11.6 Å². The van der Waals surface area contributed by atoms with Crippen molar-refractivity contribution in [3.8, 4) is 0 Å². The summed E-state index contributed by atoms with van der Waals surface area (Å²) in [7, 11) is 0. The Balaban J connectivity index is 2.39. The lowest BCUT2D eigenvalue weighted by Crippen LogP contribution is -2.50. The Hall–Kier alpha value is -2.22. The molecule has 0 bridgehead atoms. The highest BCUT2D eigenvalue weighted by atomic mass is 79.9. The van der Waals surface area contributed by atoms with Crippen LogP contribution in [0.3, 0.4) is 0 Å². The number of alkyl halides is 7. The average Bonchev–Trinajstić information content (AvgIpc) is 2.69. The van der Waals surface area contributed by atoms with E-state index in [1.807, 2.05) is 0 Å². The van der Waals surface area contributed by atoms with Gasteiger partial charge in [0.2, 0.25) is 5.91 Å². The van der Waals surface area contributed by atoms with Gasteiger partial charge in [0.25, 0.3) is 0 Å². The molecule has 14 heteroatoms. The lowest BCUT2D eigenvalue weighted by atomic mass is 9.92. The molecule has 3 N–H and O–H groups in total. The average molecular weight is 626 g/mol. The Morgan fingerprint density at radius 1 is 0.941 bits per heavy atom. The van der Waals surface area contributed by atoms with E-state index in [1.54, 1.807) is 0 Å². The number of nitrogens with one attached hydrogen (secondary N) is 1. The molecule has 0 saturated carbocycles. The number of ketones is 1. The minimum Gasteiger partial charge on any atom is -0.382 e. The Labute approximate surface area is 204 Å². The third-order valence-corrected chi connectivity index (χ3v) is 6.06. The second-order valence-corrected chi connectivity index (χ2v) is 8.69. The highest BCUT2D eigenvalue weighted by molar-refractivity contribution is 9.11. The van der Waals surface area contributed by atoms with Crippen LogP contribution >= 0.6 is 31.9 Å². The van der Waals surface area contributed by atoms with Crippen LogP contribution in [0.2, 0.25) is 0 Å². The number of halogens is 10. The number of carbonyl (C=O) groups excluding carboxylic acids is 2. The predicted molar refractivity (Wildman–Crippen MR) is 113 cm³/mol. The summed E-state index contributed by atoms with van der Waals surface area (Å²) in [6.45, 7) is -0.0220. The molecule has 0 saturated heterocycles. The second-order valence-electron chi connectivity index (χ2n) is 6.98. The van der Waals surface area contributed by atoms with Crippen molar-refractivity contribution in [3.05, 3.63) is 61.8 Å². The van der Waals surface area contributed by atoms with Gasteiger partial charge in [-0.1, -0.05) is 37.9 Å². The summed E-state index contributed by atoms with van der Waals surface area (Å²) in [5, 5.41) is 2.58. The van der Waals surface area contributed by atoms with Crippen LogP contribution in [0.25, 0.3) is 0 Å². The molecule has 4 nitrogen and oxygen atoms in total. The fourth-order valence-electron chi connectivity index (χ4n) is 2.92. The van der Waals surface area contributed by atoms with Crippen molar-refractivity contribution in [3.63, 3.8) is 0 Å². The van der Waals surface area contributed by atoms with E-state index in [0.717, 1.165) is 6.07 Å². The van der Waals surface area contributed by atoms with Gasteiger partial charge in [-0.25, -0.2) is 8.78 Å². The van der Waals surface area contributed by atoms with E-state index in [1.165, 1.54) is 12.1 Å². The second kappa shape index (κ2) is 10.2. The zero-order valence-corrected chi connectivity index (χ0v) is 19.9. The van der Waals surface area contributed by atoms with Crippen molar-refractivity contribution in [2.45, 2.75) is 30.9 Å². The molecule has 2 aromatic rings. The van der Waals surface area contributed by atoms with E-state index in [2.05, 4.69) is 37.2 Å². The van der Waals surface area contributed by atoms with Gasteiger partial charge in [0.1, 0.15) is 0 Å². The lowest BCUT2D eigenvalue weighted by molar-refractivity contribution is -0.348. The lowest BCUT2D eigenvalue weighted by Gasteiger charge is -2.31. The molecule has 0 atom stereocenters. The first-order valence-electron chi connectivity index (χ1n) is 9.15. The van der Waals surface area contributed by atoms with Gasteiger partial charge >= 0.3 is 18.0 Å². The van der Waals surface area contributed by atoms with Gasteiger partial charge in [0.05, 0.1) is 11.3 Å². The maximum Gasteiger partial charge on any atom is 0.435 e. The van der Waals surface area contributed by atoms with Crippen molar-refractivity contribution in [2.24, 2.45) is 5.73 Å². The molecular weight excluding hydrogens is 612 g/mol. The van der Waals surface area contributed by atoms with Gasteiger partial charge < -0.3 is 11.1 Å². The van der Waals surface area contributed by atoms with Crippen LogP contribution in [0.1, 0.15) is 27.9 Å². The third-order valence-electron chi connectivity index (χ3n) is 4.64. The largest absolute Gasteiger partial charge is 0.435 e. The van der Waals surface area contributed by atoms with E-state index in [4.69, 9.17) is 5.73 Å². The first kappa shape index (κ1) is 28.0. The molecule has 2 aromatic carbocycles. The van der Waals surface area contributed by atoms with Gasteiger partial charge in [0, 0.05) is 33.9 Å². The number of nitrogens with two attached hydrogens (primary N) is 1. The summed E-state index contributed by atoms with van der Waals surface area (Å²) in [6.07, 6.45) is -13.4. The smallest absolute Gasteiger partial charge is 0.382 e. The number of anilines is 1. The number of hydrogen-bond acceptors (Lipinski definition) is 3. The van der Waals surface area contributed by atoms with E-state index < -0.39 is 62.0 Å². The summed E-state index contributed by atoms with van der Waals surface area (Å²) < 4.78 is 106. The van der Waals surface area contributed by atoms with Crippen molar-refractivity contribution < 1.29 is 44.7 Å².